The van der Waals surface area contributed by atoms with Crippen LogP contribution >= 0.6 is 0 Å². The summed E-state index contributed by atoms with van der Waals surface area (Å²) >= 11 is 0. The Morgan fingerprint density at radius 1 is 1.47 bits per heavy atom. The van der Waals surface area contributed by atoms with Crippen molar-refractivity contribution in [1.82, 2.24) is 0 Å². The first kappa shape index (κ1) is 13.3. The third kappa shape index (κ3) is 2.83. The zero-order chi connectivity index (χ0) is 14.0. The molecule has 1 fully saturated rings. The summed E-state index contributed by atoms with van der Waals surface area (Å²) in [6, 6.07) is 4.98. The fourth-order valence-corrected chi connectivity index (χ4v) is 2.38. The van der Waals surface area contributed by atoms with Crippen molar-refractivity contribution in [3.05, 3.63) is 33.9 Å². The molecule has 102 valence electrons. The smallest absolute Gasteiger partial charge is 0.310 e. The molecule has 6 heteroatoms. The monoisotopic (exact) mass is 264 g/mol. The second-order valence-electron chi connectivity index (χ2n) is 4.74. The zero-order valence-corrected chi connectivity index (χ0v) is 11.0. The van der Waals surface area contributed by atoms with Gasteiger partial charge in [0, 0.05) is 30.9 Å². The summed E-state index contributed by atoms with van der Waals surface area (Å²) in [4.78, 5) is 23.9. The van der Waals surface area contributed by atoms with Gasteiger partial charge in [0.1, 0.15) is 0 Å². The minimum absolute atomic E-state index is 0.0801. The molecule has 0 spiro atoms. The van der Waals surface area contributed by atoms with Crippen molar-refractivity contribution < 1.29 is 14.5 Å². The van der Waals surface area contributed by atoms with Gasteiger partial charge in [0.05, 0.1) is 18.0 Å². The van der Waals surface area contributed by atoms with Crippen molar-refractivity contribution >= 4 is 17.3 Å². The Bertz CT molecular complexity index is 515. The highest BCUT2D eigenvalue weighted by atomic mass is 16.6. The SMILES string of the molecule is COC(=O)C1CCN(c2cc(C)cc([N+](=O)[O-])c2)C1. The molecular weight excluding hydrogens is 248 g/mol. The van der Waals surface area contributed by atoms with E-state index in [4.69, 9.17) is 4.74 Å². The first-order valence-electron chi connectivity index (χ1n) is 6.10. The van der Waals surface area contributed by atoms with Crippen LogP contribution in [0.5, 0.6) is 0 Å². The number of benzene rings is 1. The number of anilines is 1. The molecule has 2 rings (SSSR count). The fraction of sp³-hybridized carbons (Fsp3) is 0.462. The van der Waals surface area contributed by atoms with E-state index in [0.29, 0.717) is 19.5 Å². The molecule has 0 amide bonds. The lowest BCUT2D eigenvalue weighted by molar-refractivity contribution is -0.384. The van der Waals surface area contributed by atoms with E-state index < -0.39 is 4.92 Å². The minimum Gasteiger partial charge on any atom is -0.469 e. The van der Waals surface area contributed by atoms with E-state index in [1.165, 1.54) is 13.2 Å². The van der Waals surface area contributed by atoms with Gasteiger partial charge in [-0.15, -0.1) is 0 Å². The molecule has 0 bridgehead atoms. The average Bonchev–Trinajstić information content (AvgIpc) is 2.86. The van der Waals surface area contributed by atoms with Crippen molar-refractivity contribution in [2.24, 2.45) is 5.92 Å². The molecule has 1 heterocycles. The van der Waals surface area contributed by atoms with E-state index in [2.05, 4.69) is 0 Å². The molecule has 1 saturated heterocycles. The van der Waals surface area contributed by atoms with E-state index in [1.54, 1.807) is 6.07 Å². The first-order valence-corrected chi connectivity index (χ1v) is 6.10. The van der Waals surface area contributed by atoms with Crippen LogP contribution in [0.25, 0.3) is 0 Å². The van der Waals surface area contributed by atoms with Crippen molar-refractivity contribution in [3.63, 3.8) is 0 Å². The molecule has 0 radical (unpaired) electrons. The van der Waals surface area contributed by atoms with Crippen LogP contribution in [-0.2, 0) is 9.53 Å². The normalized spacial score (nSPS) is 18.4. The number of nitrogens with zero attached hydrogens (tertiary/aromatic N) is 2. The van der Waals surface area contributed by atoms with E-state index in [9.17, 15) is 14.9 Å². The van der Waals surface area contributed by atoms with Gasteiger partial charge in [-0.1, -0.05) is 0 Å². The van der Waals surface area contributed by atoms with Crippen LogP contribution in [0.4, 0.5) is 11.4 Å². The number of hydrogen-bond donors (Lipinski definition) is 0. The summed E-state index contributed by atoms with van der Waals surface area (Å²) in [5.41, 5.74) is 1.71. The number of aryl methyl sites for hydroxylation is 1. The third-order valence-corrected chi connectivity index (χ3v) is 3.35. The Balaban J connectivity index is 2.19. The van der Waals surface area contributed by atoms with Gasteiger partial charge in [-0.05, 0) is 25.0 Å². The van der Waals surface area contributed by atoms with Crippen LogP contribution in [0, 0.1) is 23.0 Å². The molecule has 1 aromatic rings. The maximum absolute atomic E-state index is 11.5. The number of non-ortho nitro benzene ring substituents is 1. The highest BCUT2D eigenvalue weighted by Gasteiger charge is 2.29. The number of esters is 1. The van der Waals surface area contributed by atoms with Crippen LogP contribution in [0.1, 0.15) is 12.0 Å². The number of ether oxygens (including phenoxy) is 1. The number of methoxy groups -OCH3 is 1. The third-order valence-electron chi connectivity index (χ3n) is 3.35. The molecule has 1 unspecified atom stereocenters. The van der Waals surface area contributed by atoms with Gasteiger partial charge in [0.2, 0.25) is 0 Å². The number of carbonyl (C=O) groups excluding carboxylic acids is 1. The van der Waals surface area contributed by atoms with Crippen molar-refractivity contribution in [3.8, 4) is 0 Å². The predicted molar refractivity (Wildman–Crippen MR) is 70.2 cm³/mol. The summed E-state index contributed by atoms with van der Waals surface area (Å²) in [6.07, 6.45) is 0.717. The molecule has 0 saturated carbocycles. The highest BCUT2D eigenvalue weighted by Crippen LogP contribution is 2.28. The summed E-state index contributed by atoms with van der Waals surface area (Å²) in [5.74, 6) is -0.366. The van der Waals surface area contributed by atoms with E-state index >= 15 is 0 Å². The molecule has 1 atom stereocenters. The lowest BCUT2D eigenvalue weighted by Gasteiger charge is -2.18. The van der Waals surface area contributed by atoms with Crippen LogP contribution < -0.4 is 4.90 Å². The lowest BCUT2D eigenvalue weighted by Crippen LogP contribution is -2.23. The topological polar surface area (TPSA) is 72.7 Å². The first-order chi connectivity index (χ1) is 9.01. The quantitative estimate of drug-likeness (QED) is 0.473. The highest BCUT2D eigenvalue weighted by molar-refractivity contribution is 5.74. The Morgan fingerprint density at radius 2 is 2.21 bits per heavy atom. The van der Waals surface area contributed by atoms with Gasteiger partial charge >= 0.3 is 5.97 Å². The summed E-state index contributed by atoms with van der Waals surface area (Å²) in [7, 11) is 1.38. The summed E-state index contributed by atoms with van der Waals surface area (Å²) in [6.45, 7) is 3.08. The summed E-state index contributed by atoms with van der Waals surface area (Å²) < 4.78 is 4.73. The lowest BCUT2D eigenvalue weighted by atomic mass is 10.1. The summed E-state index contributed by atoms with van der Waals surface area (Å²) in [5, 5.41) is 10.9. The standard InChI is InChI=1S/C13H16N2O4/c1-9-5-11(7-12(6-9)15(17)18)14-4-3-10(8-14)13(16)19-2/h5-7,10H,3-4,8H2,1-2H3. The van der Waals surface area contributed by atoms with E-state index in [-0.39, 0.29) is 17.6 Å². The molecule has 1 aliphatic rings. The van der Waals surface area contributed by atoms with Crippen molar-refractivity contribution in [2.45, 2.75) is 13.3 Å². The van der Waals surface area contributed by atoms with E-state index in [0.717, 1.165) is 11.3 Å². The van der Waals surface area contributed by atoms with Crippen LogP contribution in [0.15, 0.2) is 18.2 Å². The zero-order valence-electron chi connectivity index (χ0n) is 11.0. The Hall–Kier alpha value is -2.11. The molecule has 0 aromatic heterocycles. The second-order valence-corrected chi connectivity index (χ2v) is 4.74. The molecular formula is C13H16N2O4. The minimum atomic E-state index is -0.398. The van der Waals surface area contributed by atoms with Crippen molar-refractivity contribution in [2.75, 3.05) is 25.1 Å². The number of hydrogen-bond acceptors (Lipinski definition) is 5. The Morgan fingerprint density at radius 3 is 2.84 bits per heavy atom. The Kier molecular flexibility index (Phi) is 3.69. The molecule has 6 nitrogen and oxygen atoms in total. The van der Waals surface area contributed by atoms with Crippen LogP contribution in [-0.4, -0.2) is 31.1 Å². The Labute approximate surface area is 111 Å². The largest absolute Gasteiger partial charge is 0.469 e. The molecule has 1 aromatic carbocycles. The molecule has 19 heavy (non-hydrogen) atoms. The number of rotatable bonds is 3. The van der Waals surface area contributed by atoms with Gasteiger partial charge in [-0.2, -0.15) is 0 Å². The van der Waals surface area contributed by atoms with Gasteiger partial charge < -0.3 is 9.64 Å². The molecule has 0 aliphatic carbocycles. The van der Waals surface area contributed by atoms with Gasteiger partial charge in [0.25, 0.3) is 5.69 Å². The maximum atomic E-state index is 11.5. The average molecular weight is 264 g/mol. The maximum Gasteiger partial charge on any atom is 0.310 e. The van der Waals surface area contributed by atoms with Gasteiger partial charge in [-0.3, -0.25) is 14.9 Å². The second kappa shape index (κ2) is 5.26. The molecule has 1 aliphatic heterocycles. The molecule has 0 N–H and O–H groups in total. The number of nitro groups is 1. The van der Waals surface area contributed by atoms with Gasteiger partial charge in [0.15, 0.2) is 0 Å². The fourth-order valence-electron chi connectivity index (χ4n) is 2.38. The van der Waals surface area contributed by atoms with Crippen molar-refractivity contribution in [1.29, 1.82) is 0 Å². The van der Waals surface area contributed by atoms with Crippen LogP contribution in [0.2, 0.25) is 0 Å². The van der Waals surface area contributed by atoms with Gasteiger partial charge in [-0.25, -0.2) is 0 Å². The van der Waals surface area contributed by atoms with Crippen LogP contribution in [0.3, 0.4) is 0 Å². The number of carbonyl (C=O) groups is 1. The number of nitro benzene ring substituents is 1. The predicted octanol–water partition coefficient (Wildman–Crippen LogP) is 1.90. The van der Waals surface area contributed by atoms with E-state index in [1.807, 2.05) is 17.9 Å².